The summed E-state index contributed by atoms with van der Waals surface area (Å²) in [6.07, 6.45) is 0.895. The normalized spacial score (nSPS) is 22.1. The van der Waals surface area contributed by atoms with E-state index in [1.807, 2.05) is 25.7 Å². The molecular weight excluding hydrogens is 416 g/mol. The molecule has 88 valence electrons. The third kappa shape index (κ3) is 3.31. The number of carbonyl (C=O) groups excluding carboxylic acids is 1. The molecule has 0 aromatic heterocycles. The van der Waals surface area contributed by atoms with Gasteiger partial charge in [-0.3, -0.25) is 4.79 Å². The van der Waals surface area contributed by atoms with Crippen molar-refractivity contribution in [3.63, 3.8) is 0 Å². The fraction of sp³-hybridized carbons (Fsp3) is 0.727. The molecule has 1 amide bonds. The molecule has 0 bridgehead atoms. The van der Waals surface area contributed by atoms with E-state index in [-0.39, 0.29) is 16.9 Å². The van der Waals surface area contributed by atoms with E-state index in [4.69, 9.17) is 0 Å². The van der Waals surface area contributed by atoms with Gasteiger partial charge in [0.15, 0.2) is 0 Å². The van der Waals surface area contributed by atoms with E-state index in [1.165, 1.54) is 0 Å². The van der Waals surface area contributed by atoms with Gasteiger partial charge in [0.2, 0.25) is 5.91 Å². The highest BCUT2D eigenvalue weighted by Crippen LogP contribution is 2.43. The highest BCUT2D eigenvalue weighted by Gasteiger charge is 2.49. The minimum atomic E-state index is -0.234. The summed E-state index contributed by atoms with van der Waals surface area (Å²) in [5.74, 6) is 0.199. The molecule has 1 rings (SSSR count). The molecule has 0 aromatic rings. The third-order valence-electron chi connectivity index (χ3n) is 2.64. The second-order valence-electron chi connectivity index (χ2n) is 5.25. The number of amides is 1. The van der Waals surface area contributed by atoms with E-state index in [1.54, 1.807) is 0 Å². The first-order valence-corrected chi connectivity index (χ1v) is 11.1. The number of carbonyl (C=O) groups is 1. The Morgan fingerprint density at radius 2 is 1.73 bits per heavy atom. The number of likely N-dealkylation sites (tertiary alicyclic amines) is 1. The molecule has 0 atom stereocenters. The van der Waals surface area contributed by atoms with Crippen LogP contribution >= 0.6 is 37.2 Å². The van der Waals surface area contributed by atoms with E-state index < -0.39 is 0 Å². The summed E-state index contributed by atoms with van der Waals surface area (Å²) < 4.78 is 0. The number of hydrogen-bond donors (Lipinski definition) is 0. The van der Waals surface area contributed by atoms with Crippen LogP contribution in [-0.4, -0.2) is 16.3 Å². The van der Waals surface area contributed by atoms with Gasteiger partial charge >= 0.3 is 0 Å². The Balaban J connectivity index is 0.000000921. The van der Waals surface area contributed by atoms with Crippen molar-refractivity contribution in [2.24, 2.45) is 5.41 Å². The summed E-state index contributed by atoms with van der Waals surface area (Å²) >= 11 is 4.24. The van der Waals surface area contributed by atoms with Crippen LogP contribution < -0.4 is 0 Å². The van der Waals surface area contributed by atoms with Crippen molar-refractivity contribution in [2.75, 3.05) is 0 Å². The van der Waals surface area contributed by atoms with Crippen LogP contribution in [0, 0.1) is 5.41 Å². The average Bonchev–Trinajstić information content (AvgIpc) is 2.19. The molecule has 0 radical (unpaired) electrons. The lowest BCUT2D eigenvalue weighted by molar-refractivity contribution is -0.134. The van der Waals surface area contributed by atoms with E-state index in [0.717, 1.165) is 12.1 Å². The Hall–Kier alpha value is 0.670. The third-order valence-corrected chi connectivity index (χ3v) is 2.64. The molecule has 1 heterocycles. The van der Waals surface area contributed by atoms with Crippen LogP contribution in [0.1, 0.15) is 41.0 Å². The van der Waals surface area contributed by atoms with Crippen LogP contribution in [0.3, 0.4) is 0 Å². The highest BCUT2D eigenvalue weighted by molar-refractivity contribution is 15.0. The summed E-state index contributed by atoms with van der Waals surface area (Å²) in [7, 11) is 0. The predicted molar refractivity (Wildman–Crippen MR) is 82.2 cm³/mol. The number of nitrogens with zero attached hydrogens (tertiary/aromatic N) is 1. The predicted octanol–water partition coefficient (Wildman–Crippen LogP) is 4.33. The van der Waals surface area contributed by atoms with Crippen molar-refractivity contribution in [3.05, 3.63) is 12.3 Å². The van der Waals surface area contributed by atoms with Crippen molar-refractivity contribution < 1.29 is 4.79 Å². The molecule has 0 N–H and O–H groups in total. The summed E-state index contributed by atoms with van der Waals surface area (Å²) in [6.45, 7) is 13.9. The zero-order chi connectivity index (χ0) is 12.4. The Labute approximate surface area is 116 Å². The Morgan fingerprint density at radius 3 is 1.87 bits per heavy atom. The van der Waals surface area contributed by atoms with Crippen LogP contribution in [0.25, 0.3) is 0 Å². The molecule has 0 aromatic carbocycles. The lowest BCUT2D eigenvalue weighted by atomic mass is 9.85. The van der Waals surface area contributed by atoms with E-state index >= 15 is 0 Å². The van der Waals surface area contributed by atoms with Crippen LogP contribution in [-0.2, 0) is 4.79 Å². The van der Waals surface area contributed by atoms with Gasteiger partial charge in [0.25, 0.3) is 0 Å². The molecule has 2 nitrogen and oxygen atoms in total. The van der Waals surface area contributed by atoms with Gasteiger partial charge < -0.3 is 4.90 Å². The fourth-order valence-electron chi connectivity index (χ4n) is 2.50. The summed E-state index contributed by atoms with van der Waals surface area (Å²) in [6, 6.07) is 0. The van der Waals surface area contributed by atoms with Crippen molar-refractivity contribution in [1.82, 2.24) is 4.90 Å². The molecule has 15 heavy (non-hydrogen) atoms. The van der Waals surface area contributed by atoms with E-state index in [9.17, 15) is 4.79 Å². The second-order valence-corrected chi connectivity index (χ2v) is 5.25. The fourth-order valence-corrected chi connectivity index (χ4v) is 2.50. The first-order chi connectivity index (χ1) is 6.68. The van der Waals surface area contributed by atoms with Gasteiger partial charge in [0.1, 0.15) is 0 Å². The summed E-state index contributed by atoms with van der Waals surface area (Å²) in [5, 5.41) is 0. The van der Waals surface area contributed by atoms with Gasteiger partial charge in [-0.15, -0.1) is 0 Å². The zero-order valence-electron chi connectivity index (χ0n) is 10.0. The molecule has 4 heteroatoms. The molecule has 0 unspecified atom stereocenters. The van der Waals surface area contributed by atoms with Crippen LogP contribution in [0.2, 0.25) is 0 Å². The Bertz CT molecular complexity index is 272. The minimum absolute atomic E-state index is 0.0770. The number of rotatable bonds is 1. The molecule has 0 spiro atoms. The largest absolute Gasteiger partial charge is 0.311 e. The molecule has 1 saturated heterocycles. The molecular formula is C11H19I2NO. The smallest absolute Gasteiger partial charge is 0.232 e. The lowest BCUT2D eigenvalue weighted by Gasteiger charge is -2.31. The van der Waals surface area contributed by atoms with Crippen molar-refractivity contribution >= 4 is 43.1 Å². The zero-order valence-corrected chi connectivity index (χ0v) is 14.3. The lowest BCUT2D eigenvalue weighted by Crippen LogP contribution is -2.39. The van der Waals surface area contributed by atoms with Gasteiger partial charge in [0.05, 0.1) is 0 Å². The van der Waals surface area contributed by atoms with Gasteiger partial charge in [-0.25, -0.2) is 0 Å². The minimum Gasteiger partial charge on any atom is -0.311 e. The number of halogens is 2. The van der Waals surface area contributed by atoms with Crippen molar-refractivity contribution in [3.8, 4) is 0 Å². The monoisotopic (exact) mass is 435 g/mol. The molecule has 0 saturated carbocycles. The van der Waals surface area contributed by atoms with Crippen LogP contribution in [0.4, 0.5) is 0 Å². The van der Waals surface area contributed by atoms with Gasteiger partial charge in [-0.05, 0) is 27.2 Å². The van der Waals surface area contributed by atoms with Crippen LogP contribution in [0.5, 0.6) is 0 Å². The maximum Gasteiger partial charge on any atom is 0.232 e. The van der Waals surface area contributed by atoms with Crippen molar-refractivity contribution in [1.29, 1.82) is 0 Å². The quantitative estimate of drug-likeness (QED) is 0.562. The summed E-state index contributed by atoms with van der Waals surface area (Å²) in [5.41, 5.74) is 0.537. The highest BCUT2D eigenvalue weighted by atomic mass is 128. The standard InChI is InChI=1S/C11H19NO.I2/c1-8(2)12-9(13)10(3,4)7-11(12,5)6;1-2/h1,7H2,2-6H3;. The summed E-state index contributed by atoms with van der Waals surface area (Å²) in [4.78, 5) is 13.8. The maximum absolute atomic E-state index is 11.9. The second kappa shape index (κ2) is 5.33. The first kappa shape index (κ1) is 15.7. The molecule has 1 aliphatic heterocycles. The number of allylic oxidation sites excluding steroid dienone is 1. The van der Waals surface area contributed by atoms with E-state index in [0.29, 0.717) is 0 Å². The van der Waals surface area contributed by atoms with Crippen LogP contribution in [0.15, 0.2) is 12.3 Å². The maximum atomic E-state index is 11.9. The van der Waals surface area contributed by atoms with E-state index in [2.05, 4.69) is 57.7 Å². The average molecular weight is 435 g/mol. The topological polar surface area (TPSA) is 20.3 Å². The SMILES string of the molecule is C=C(C)N1C(=O)C(C)(C)CC1(C)C.II. The number of hydrogen-bond acceptors (Lipinski definition) is 1. The van der Waals surface area contributed by atoms with Gasteiger partial charge in [-0.2, -0.15) is 0 Å². The van der Waals surface area contributed by atoms with Gasteiger partial charge in [0, 0.05) is 53.9 Å². The molecule has 1 aliphatic rings. The Morgan fingerprint density at radius 1 is 1.33 bits per heavy atom. The molecule has 1 fully saturated rings. The Kier molecular flexibility index (Phi) is 5.57. The van der Waals surface area contributed by atoms with Crippen molar-refractivity contribution in [2.45, 2.75) is 46.6 Å². The first-order valence-electron chi connectivity index (χ1n) is 4.83. The molecule has 0 aliphatic carbocycles. The van der Waals surface area contributed by atoms with Gasteiger partial charge in [-0.1, -0.05) is 20.4 Å².